The van der Waals surface area contributed by atoms with Crippen LogP contribution in [0.1, 0.15) is 18.9 Å². The molecule has 5 heteroatoms. The van der Waals surface area contributed by atoms with Gasteiger partial charge in [-0.2, -0.15) is 0 Å². The van der Waals surface area contributed by atoms with Crippen molar-refractivity contribution >= 4 is 31.9 Å². The van der Waals surface area contributed by atoms with Gasteiger partial charge in [-0.05, 0) is 56.1 Å². The first kappa shape index (κ1) is 14.3. The Kier molecular flexibility index (Phi) is 5.48. The topological polar surface area (TPSA) is 30.5 Å². The predicted octanol–water partition coefficient (Wildman–Crippen LogP) is 3.49. The first-order valence-electron chi connectivity index (χ1n) is 6.13. The molecule has 1 fully saturated rings. The van der Waals surface area contributed by atoms with Crippen LogP contribution in [0.2, 0.25) is 0 Å². The molecular formula is C13H17Br2NO2. The highest BCUT2D eigenvalue weighted by molar-refractivity contribution is 9.11. The molecule has 1 saturated heterocycles. The van der Waals surface area contributed by atoms with Crippen LogP contribution in [0.4, 0.5) is 0 Å². The lowest BCUT2D eigenvalue weighted by Crippen LogP contribution is -2.16. The highest BCUT2D eigenvalue weighted by atomic mass is 79.9. The number of rotatable bonds is 5. The van der Waals surface area contributed by atoms with Crippen molar-refractivity contribution in [1.82, 2.24) is 5.32 Å². The quantitative estimate of drug-likeness (QED) is 0.850. The molecule has 18 heavy (non-hydrogen) atoms. The van der Waals surface area contributed by atoms with E-state index in [0.29, 0.717) is 6.61 Å². The minimum Gasteiger partial charge on any atom is -0.486 e. The number of hydrogen-bond donors (Lipinski definition) is 1. The minimum atomic E-state index is 0.164. The van der Waals surface area contributed by atoms with Gasteiger partial charge in [-0.25, -0.2) is 0 Å². The Balaban J connectivity index is 2.10. The fourth-order valence-electron chi connectivity index (χ4n) is 1.87. The van der Waals surface area contributed by atoms with Crippen molar-refractivity contribution in [3.63, 3.8) is 0 Å². The second kappa shape index (κ2) is 6.89. The summed E-state index contributed by atoms with van der Waals surface area (Å²) in [7, 11) is 0. The Bertz CT molecular complexity index is 383. The van der Waals surface area contributed by atoms with E-state index in [4.69, 9.17) is 9.47 Å². The summed E-state index contributed by atoms with van der Waals surface area (Å²) in [6, 6.07) is 4.19. The third kappa shape index (κ3) is 3.70. The molecule has 0 aromatic heterocycles. The molecule has 1 heterocycles. The van der Waals surface area contributed by atoms with Crippen molar-refractivity contribution in [2.45, 2.75) is 26.0 Å². The van der Waals surface area contributed by atoms with E-state index >= 15 is 0 Å². The van der Waals surface area contributed by atoms with Gasteiger partial charge in [-0.15, -0.1) is 0 Å². The maximum absolute atomic E-state index is 5.96. The minimum absolute atomic E-state index is 0.164. The lowest BCUT2D eigenvalue weighted by atomic mass is 10.2. The van der Waals surface area contributed by atoms with Gasteiger partial charge >= 0.3 is 0 Å². The second-order valence-corrected chi connectivity index (χ2v) is 5.98. The zero-order valence-corrected chi connectivity index (χ0v) is 13.5. The van der Waals surface area contributed by atoms with Gasteiger partial charge in [0.25, 0.3) is 0 Å². The summed E-state index contributed by atoms with van der Waals surface area (Å²) in [6.45, 7) is 5.39. The van der Waals surface area contributed by atoms with Crippen molar-refractivity contribution in [2.24, 2.45) is 0 Å². The number of hydrogen-bond acceptors (Lipinski definition) is 3. The van der Waals surface area contributed by atoms with Gasteiger partial charge in [-0.1, -0.05) is 6.92 Å². The summed E-state index contributed by atoms with van der Waals surface area (Å²) >= 11 is 7.15. The number of ether oxygens (including phenoxy) is 2. The van der Waals surface area contributed by atoms with E-state index in [1.165, 1.54) is 5.56 Å². The second-order valence-electron chi connectivity index (χ2n) is 4.27. The summed E-state index contributed by atoms with van der Waals surface area (Å²) in [4.78, 5) is 0. The van der Waals surface area contributed by atoms with Crippen molar-refractivity contribution in [2.75, 3.05) is 19.8 Å². The largest absolute Gasteiger partial charge is 0.486 e. The maximum atomic E-state index is 5.96. The molecule has 1 unspecified atom stereocenters. The molecule has 1 N–H and O–H groups in total. The van der Waals surface area contributed by atoms with Crippen LogP contribution in [-0.4, -0.2) is 25.9 Å². The molecule has 0 bridgehead atoms. The Labute approximate surface area is 124 Å². The van der Waals surface area contributed by atoms with Gasteiger partial charge in [0.05, 0.1) is 22.2 Å². The highest BCUT2D eigenvalue weighted by Crippen LogP contribution is 2.36. The van der Waals surface area contributed by atoms with E-state index in [1.807, 2.05) is 0 Å². The number of halogens is 2. The van der Waals surface area contributed by atoms with Gasteiger partial charge in [0.1, 0.15) is 11.9 Å². The molecule has 1 aromatic rings. The van der Waals surface area contributed by atoms with E-state index in [0.717, 1.165) is 40.8 Å². The van der Waals surface area contributed by atoms with Crippen molar-refractivity contribution in [3.8, 4) is 5.75 Å². The summed E-state index contributed by atoms with van der Waals surface area (Å²) in [5.74, 6) is 0.866. The summed E-state index contributed by atoms with van der Waals surface area (Å²) < 4.78 is 13.2. The zero-order chi connectivity index (χ0) is 13.0. The SMILES string of the molecule is CCNCc1cc(Br)c(OC2CCOC2)c(Br)c1. The molecule has 3 nitrogen and oxygen atoms in total. The van der Waals surface area contributed by atoms with Crippen molar-refractivity contribution in [1.29, 1.82) is 0 Å². The van der Waals surface area contributed by atoms with Crippen LogP contribution in [-0.2, 0) is 11.3 Å². The van der Waals surface area contributed by atoms with Crippen LogP contribution in [0, 0.1) is 0 Å². The van der Waals surface area contributed by atoms with Crippen LogP contribution in [0.5, 0.6) is 5.75 Å². The third-order valence-corrected chi connectivity index (χ3v) is 3.99. The van der Waals surface area contributed by atoms with E-state index in [-0.39, 0.29) is 6.10 Å². The fourth-order valence-corrected chi connectivity index (χ4v) is 3.34. The van der Waals surface area contributed by atoms with Gasteiger partial charge in [0.15, 0.2) is 0 Å². The molecule has 1 atom stereocenters. The Morgan fingerprint density at radius 1 is 1.39 bits per heavy atom. The van der Waals surface area contributed by atoms with Gasteiger partial charge in [-0.3, -0.25) is 0 Å². The third-order valence-electron chi connectivity index (χ3n) is 2.81. The summed E-state index contributed by atoms with van der Waals surface area (Å²) in [6.07, 6.45) is 1.12. The monoisotopic (exact) mass is 377 g/mol. The van der Waals surface area contributed by atoms with Crippen LogP contribution in [0.3, 0.4) is 0 Å². The smallest absolute Gasteiger partial charge is 0.148 e. The molecule has 0 saturated carbocycles. The zero-order valence-electron chi connectivity index (χ0n) is 10.3. The molecule has 100 valence electrons. The van der Waals surface area contributed by atoms with Crippen molar-refractivity contribution in [3.05, 3.63) is 26.6 Å². The molecule has 0 spiro atoms. The van der Waals surface area contributed by atoms with E-state index in [1.54, 1.807) is 0 Å². The van der Waals surface area contributed by atoms with Gasteiger partial charge < -0.3 is 14.8 Å². The molecule has 1 aliphatic heterocycles. The van der Waals surface area contributed by atoms with Crippen LogP contribution in [0.15, 0.2) is 21.1 Å². The highest BCUT2D eigenvalue weighted by Gasteiger charge is 2.20. The summed E-state index contributed by atoms with van der Waals surface area (Å²) in [5.41, 5.74) is 1.23. The lowest BCUT2D eigenvalue weighted by molar-refractivity contribution is 0.140. The van der Waals surface area contributed by atoms with Crippen LogP contribution < -0.4 is 10.1 Å². The molecule has 2 rings (SSSR count). The molecule has 0 radical (unpaired) electrons. The predicted molar refractivity (Wildman–Crippen MR) is 79.1 cm³/mol. The van der Waals surface area contributed by atoms with Crippen LogP contribution >= 0.6 is 31.9 Å². The first-order chi connectivity index (χ1) is 8.70. The normalized spacial score (nSPS) is 19.2. The van der Waals surface area contributed by atoms with Crippen molar-refractivity contribution < 1.29 is 9.47 Å². The molecule has 1 aromatic carbocycles. The molecule has 1 aliphatic rings. The fraction of sp³-hybridized carbons (Fsp3) is 0.538. The summed E-state index contributed by atoms with van der Waals surface area (Å²) in [5, 5.41) is 3.31. The van der Waals surface area contributed by atoms with E-state index in [9.17, 15) is 0 Å². The van der Waals surface area contributed by atoms with E-state index in [2.05, 4.69) is 56.2 Å². The maximum Gasteiger partial charge on any atom is 0.148 e. The lowest BCUT2D eigenvalue weighted by Gasteiger charge is -2.16. The number of nitrogens with one attached hydrogen (secondary N) is 1. The first-order valence-corrected chi connectivity index (χ1v) is 7.72. The van der Waals surface area contributed by atoms with E-state index < -0.39 is 0 Å². The average molecular weight is 379 g/mol. The Morgan fingerprint density at radius 3 is 2.67 bits per heavy atom. The Morgan fingerprint density at radius 2 is 2.11 bits per heavy atom. The van der Waals surface area contributed by atoms with Crippen LogP contribution in [0.25, 0.3) is 0 Å². The average Bonchev–Trinajstić information content (AvgIpc) is 2.84. The van der Waals surface area contributed by atoms with Gasteiger partial charge in [0.2, 0.25) is 0 Å². The molecule has 0 aliphatic carbocycles. The molecule has 0 amide bonds. The molecular weight excluding hydrogens is 362 g/mol. The standard InChI is InChI=1S/C13H17Br2NO2/c1-2-16-7-9-5-11(14)13(12(15)6-9)18-10-3-4-17-8-10/h5-6,10,16H,2-4,7-8H2,1H3. The Hall–Kier alpha value is -0.100. The number of benzene rings is 1. The van der Waals surface area contributed by atoms with Gasteiger partial charge in [0, 0.05) is 13.0 Å².